The highest BCUT2D eigenvalue weighted by Gasteiger charge is 2.14. The van der Waals surface area contributed by atoms with E-state index in [0.717, 1.165) is 55.2 Å². The SMILES string of the molecule is C=CCCCC(OC(C)=O)c1cccc(/C=C/CCCC(O)c2ccccc2)c1. The molecule has 0 saturated carbocycles. The Morgan fingerprint density at radius 3 is 2.48 bits per heavy atom. The van der Waals surface area contributed by atoms with Gasteiger partial charge in [-0.1, -0.05) is 66.8 Å². The van der Waals surface area contributed by atoms with Crippen molar-refractivity contribution in [2.45, 2.75) is 57.7 Å². The Labute approximate surface area is 174 Å². The van der Waals surface area contributed by atoms with E-state index in [2.05, 4.69) is 24.8 Å². The summed E-state index contributed by atoms with van der Waals surface area (Å²) >= 11 is 0. The minimum Gasteiger partial charge on any atom is -0.458 e. The summed E-state index contributed by atoms with van der Waals surface area (Å²) < 4.78 is 5.52. The lowest BCUT2D eigenvalue weighted by Gasteiger charge is -2.17. The van der Waals surface area contributed by atoms with Gasteiger partial charge in [0.1, 0.15) is 6.10 Å². The second-order valence-electron chi connectivity index (χ2n) is 7.25. The number of aliphatic hydroxyl groups is 1. The van der Waals surface area contributed by atoms with Crippen LogP contribution in [0.4, 0.5) is 0 Å². The van der Waals surface area contributed by atoms with Crippen LogP contribution < -0.4 is 0 Å². The molecule has 0 aromatic heterocycles. The van der Waals surface area contributed by atoms with Crippen LogP contribution in [-0.2, 0) is 9.53 Å². The van der Waals surface area contributed by atoms with Crippen LogP contribution in [0, 0.1) is 0 Å². The zero-order valence-electron chi connectivity index (χ0n) is 17.3. The number of carbonyl (C=O) groups excluding carboxylic acids is 1. The van der Waals surface area contributed by atoms with Crippen LogP contribution in [0.3, 0.4) is 0 Å². The Bertz CT molecular complexity index is 780. The third-order valence-corrected chi connectivity index (χ3v) is 4.81. The summed E-state index contributed by atoms with van der Waals surface area (Å²) in [5.41, 5.74) is 3.08. The fourth-order valence-corrected chi connectivity index (χ4v) is 3.29. The number of allylic oxidation sites excluding steroid dienone is 2. The van der Waals surface area contributed by atoms with Crippen molar-refractivity contribution in [2.75, 3.05) is 0 Å². The van der Waals surface area contributed by atoms with Gasteiger partial charge in [0, 0.05) is 6.92 Å². The first-order chi connectivity index (χ1) is 14.1. The van der Waals surface area contributed by atoms with Crippen molar-refractivity contribution in [1.29, 1.82) is 0 Å². The van der Waals surface area contributed by atoms with Gasteiger partial charge in [0.15, 0.2) is 0 Å². The van der Waals surface area contributed by atoms with E-state index in [9.17, 15) is 9.90 Å². The lowest BCUT2D eigenvalue weighted by atomic mass is 10.0. The molecule has 0 bridgehead atoms. The van der Waals surface area contributed by atoms with Gasteiger partial charge in [-0.25, -0.2) is 0 Å². The molecule has 0 amide bonds. The first kappa shape index (κ1) is 22.6. The monoisotopic (exact) mass is 392 g/mol. The highest BCUT2D eigenvalue weighted by atomic mass is 16.5. The fourth-order valence-electron chi connectivity index (χ4n) is 3.29. The lowest BCUT2D eigenvalue weighted by Crippen LogP contribution is -2.08. The minimum atomic E-state index is -0.409. The molecule has 0 aliphatic carbocycles. The highest BCUT2D eigenvalue weighted by molar-refractivity contribution is 5.66. The van der Waals surface area contributed by atoms with Crippen molar-refractivity contribution >= 4 is 12.0 Å². The first-order valence-corrected chi connectivity index (χ1v) is 10.4. The number of aliphatic hydroxyl groups excluding tert-OH is 1. The second kappa shape index (κ2) is 12.7. The molecule has 0 heterocycles. The van der Waals surface area contributed by atoms with Gasteiger partial charge in [-0.3, -0.25) is 4.79 Å². The smallest absolute Gasteiger partial charge is 0.303 e. The third-order valence-electron chi connectivity index (χ3n) is 4.81. The maximum Gasteiger partial charge on any atom is 0.303 e. The maximum atomic E-state index is 11.5. The van der Waals surface area contributed by atoms with Gasteiger partial charge in [-0.2, -0.15) is 0 Å². The van der Waals surface area contributed by atoms with Gasteiger partial charge in [0.2, 0.25) is 0 Å². The molecule has 0 aliphatic rings. The standard InChI is InChI=1S/C26H32O3/c1-3-4-7-19-26(29-21(2)27)24-17-12-14-22(20-24)13-8-5-11-18-25(28)23-15-9-6-10-16-23/h3,6,8-10,12-17,20,25-26,28H,1,4-5,7,11,18-19H2,2H3/b13-8+. The van der Waals surface area contributed by atoms with Crippen LogP contribution in [0.1, 0.15) is 74.3 Å². The summed E-state index contributed by atoms with van der Waals surface area (Å²) in [5.74, 6) is -0.258. The van der Waals surface area contributed by atoms with Crippen molar-refractivity contribution in [3.05, 3.63) is 90.0 Å². The number of hydrogen-bond acceptors (Lipinski definition) is 3. The molecule has 0 aliphatic heterocycles. The number of ether oxygens (including phenoxy) is 1. The second-order valence-corrected chi connectivity index (χ2v) is 7.25. The van der Waals surface area contributed by atoms with Crippen LogP contribution >= 0.6 is 0 Å². The van der Waals surface area contributed by atoms with Crippen molar-refractivity contribution in [3.8, 4) is 0 Å². The van der Waals surface area contributed by atoms with E-state index < -0.39 is 6.10 Å². The summed E-state index contributed by atoms with van der Waals surface area (Å²) in [6.45, 7) is 5.20. The van der Waals surface area contributed by atoms with E-state index in [1.165, 1.54) is 6.92 Å². The number of rotatable bonds is 12. The van der Waals surface area contributed by atoms with Gasteiger partial charge < -0.3 is 9.84 Å². The molecule has 2 atom stereocenters. The largest absolute Gasteiger partial charge is 0.458 e. The topological polar surface area (TPSA) is 46.5 Å². The minimum absolute atomic E-state index is 0.221. The van der Waals surface area contributed by atoms with E-state index in [4.69, 9.17) is 4.74 Å². The fraction of sp³-hybridized carbons (Fsp3) is 0.346. The molecule has 2 aromatic carbocycles. The summed E-state index contributed by atoms with van der Waals surface area (Å²) in [5, 5.41) is 10.2. The maximum absolute atomic E-state index is 11.5. The molecule has 0 spiro atoms. The van der Waals surface area contributed by atoms with Crippen LogP contribution in [0.2, 0.25) is 0 Å². The Morgan fingerprint density at radius 2 is 1.76 bits per heavy atom. The van der Waals surface area contributed by atoms with Gasteiger partial charge >= 0.3 is 5.97 Å². The highest BCUT2D eigenvalue weighted by Crippen LogP contribution is 2.25. The molecule has 3 heteroatoms. The molecule has 0 saturated heterocycles. The molecule has 3 nitrogen and oxygen atoms in total. The number of hydrogen-bond donors (Lipinski definition) is 1. The van der Waals surface area contributed by atoms with E-state index in [1.807, 2.05) is 54.6 Å². The average Bonchev–Trinajstić information content (AvgIpc) is 2.73. The van der Waals surface area contributed by atoms with Gasteiger partial charge in [-0.05, 0) is 61.3 Å². The van der Waals surface area contributed by atoms with Crippen LogP contribution in [0.15, 0.2) is 73.3 Å². The Hall–Kier alpha value is -2.65. The van der Waals surface area contributed by atoms with Crippen molar-refractivity contribution < 1.29 is 14.6 Å². The lowest BCUT2D eigenvalue weighted by molar-refractivity contribution is -0.147. The van der Waals surface area contributed by atoms with E-state index in [0.29, 0.717) is 0 Å². The predicted octanol–water partition coefficient (Wildman–Crippen LogP) is 6.56. The molecule has 29 heavy (non-hydrogen) atoms. The summed E-state index contributed by atoms with van der Waals surface area (Å²) in [7, 11) is 0. The Morgan fingerprint density at radius 1 is 1.03 bits per heavy atom. The van der Waals surface area contributed by atoms with Crippen molar-refractivity contribution in [3.63, 3.8) is 0 Å². The Kier molecular flexibility index (Phi) is 9.94. The number of unbranched alkanes of at least 4 members (excludes halogenated alkanes) is 2. The number of carbonyl (C=O) groups is 1. The van der Waals surface area contributed by atoms with Crippen LogP contribution in [0.5, 0.6) is 0 Å². The average molecular weight is 393 g/mol. The zero-order chi connectivity index (χ0) is 20.9. The third kappa shape index (κ3) is 8.49. The molecule has 2 rings (SSSR count). The van der Waals surface area contributed by atoms with E-state index in [-0.39, 0.29) is 12.1 Å². The molecule has 0 fully saturated rings. The predicted molar refractivity (Wildman–Crippen MR) is 119 cm³/mol. The summed E-state index contributed by atoms with van der Waals surface area (Å²) in [4.78, 5) is 11.5. The Balaban J connectivity index is 1.88. The van der Waals surface area contributed by atoms with E-state index in [1.54, 1.807) is 0 Å². The normalized spacial score (nSPS) is 13.2. The molecule has 2 unspecified atom stereocenters. The van der Waals surface area contributed by atoms with Gasteiger partial charge in [0.25, 0.3) is 0 Å². The first-order valence-electron chi connectivity index (χ1n) is 10.4. The van der Waals surface area contributed by atoms with Crippen molar-refractivity contribution in [2.24, 2.45) is 0 Å². The quantitative estimate of drug-likeness (QED) is 0.253. The molecule has 0 radical (unpaired) electrons. The van der Waals surface area contributed by atoms with E-state index >= 15 is 0 Å². The molecular weight excluding hydrogens is 360 g/mol. The van der Waals surface area contributed by atoms with Gasteiger partial charge in [0.05, 0.1) is 6.10 Å². The summed E-state index contributed by atoms with van der Waals surface area (Å²) in [6.07, 6.45) is 10.7. The van der Waals surface area contributed by atoms with Gasteiger partial charge in [-0.15, -0.1) is 6.58 Å². The van der Waals surface area contributed by atoms with Crippen molar-refractivity contribution in [1.82, 2.24) is 0 Å². The number of benzene rings is 2. The van der Waals surface area contributed by atoms with Crippen LogP contribution in [0.25, 0.3) is 6.08 Å². The van der Waals surface area contributed by atoms with Crippen LogP contribution in [-0.4, -0.2) is 11.1 Å². The zero-order valence-corrected chi connectivity index (χ0v) is 17.3. The molecule has 154 valence electrons. The summed E-state index contributed by atoms with van der Waals surface area (Å²) in [6, 6.07) is 17.9. The molecule has 2 aromatic rings. The molecular formula is C26H32O3. The number of esters is 1. The molecule has 1 N–H and O–H groups in total.